The minimum absolute atomic E-state index is 0.235. The van der Waals surface area contributed by atoms with Gasteiger partial charge in [-0.3, -0.25) is 4.79 Å². The summed E-state index contributed by atoms with van der Waals surface area (Å²) in [6, 6.07) is 13.0. The fraction of sp³-hybridized carbons (Fsp3) is 0.133. The van der Waals surface area contributed by atoms with E-state index < -0.39 is 21.5 Å². The van der Waals surface area contributed by atoms with Crippen LogP contribution in [0.2, 0.25) is 10.0 Å². The van der Waals surface area contributed by atoms with Gasteiger partial charge in [0.2, 0.25) is 5.91 Å². The maximum absolute atomic E-state index is 12.0. The first-order valence-electron chi connectivity index (χ1n) is 6.34. The Hall–Kier alpha value is -1.56. The zero-order valence-electron chi connectivity index (χ0n) is 11.4. The smallest absolute Gasteiger partial charge is 0.239 e. The van der Waals surface area contributed by atoms with Crippen LogP contribution in [0, 0.1) is 0 Å². The maximum Gasteiger partial charge on any atom is 0.239 e. The van der Waals surface area contributed by atoms with E-state index in [-0.39, 0.29) is 5.75 Å². The van der Waals surface area contributed by atoms with E-state index in [0.717, 1.165) is 0 Å². The molecule has 22 heavy (non-hydrogen) atoms. The lowest BCUT2D eigenvalue weighted by Gasteiger charge is -2.07. The Morgan fingerprint density at radius 3 is 2.32 bits per heavy atom. The molecule has 0 saturated heterocycles. The molecule has 4 nitrogen and oxygen atoms in total. The van der Waals surface area contributed by atoms with Crippen molar-refractivity contribution in [1.29, 1.82) is 0 Å². The summed E-state index contributed by atoms with van der Waals surface area (Å²) >= 11 is 11.6. The minimum Gasteiger partial charge on any atom is -0.325 e. The van der Waals surface area contributed by atoms with Gasteiger partial charge in [-0.25, -0.2) is 8.42 Å². The molecule has 0 aliphatic heterocycles. The van der Waals surface area contributed by atoms with Crippen LogP contribution in [0.3, 0.4) is 0 Å². The zero-order chi connectivity index (χ0) is 16.2. The molecular weight excluding hydrogens is 345 g/mol. The predicted octanol–water partition coefficient (Wildman–Crippen LogP) is 3.55. The highest BCUT2D eigenvalue weighted by Gasteiger charge is 2.17. The van der Waals surface area contributed by atoms with Crippen LogP contribution in [0.15, 0.2) is 48.5 Å². The number of benzene rings is 2. The summed E-state index contributed by atoms with van der Waals surface area (Å²) in [5.74, 6) is -1.42. The van der Waals surface area contributed by atoms with Gasteiger partial charge in [-0.15, -0.1) is 0 Å². The Balaban J connectivity index is 1.99. The van der Waals surface area contributed by atoms with E-state index in [2.05, 4.69) is 5.32 Å². The van der Waals surface area contributed by atoms with Crippen LogP contribution < -0.4 is 5.32 Å². The summed E-state index contributed by atoms with van der Waals surface area (Å²) in [4.78, 5) is 11.8. The van der Waals surface area contributed by atoms with Crippen LogP contribution in [0.5, 0.6) is 0 Å². The zero-order valence-corrected chi connectivity index (χ0v) is 13.8. The van der Waals surface area contributed by atoms with Crippen molar-refractivity contribution < 1.29 is 13.2 Å². The van der Waals surface area contributed by atoms with E-state index in [0.29, 0.717) is 21.3 Å². The molecule has 1 amide bonds. The summed E-state index contributed by atoms with van der Waals surface area (Å²) in [6.07, 6.45) is 0. The van der Waals surface area contributed by atoms with Gasteiger partial charge in [-0.1, -0.05) is 35.3 Å². The maximum atomic E-state index is 12.0. The van der Waals surface area contributed by atoms with E-state index in [4.69, 9.17) is 23.2 Å². The third kappa shape index (κ3) is 5.33. The van der Waals surface area contributed by atoms with E-state index in [1.807, 2.05) is 0 Å². The molecule has 0 unspecified atom stereocenters. The Kier molecular flexibility index (Phi) is 5.45. The van der Waals surface area contributed by atoms with Crippen molar-refractivity contribution in [3.8, 4) is 0 Å². The number of carbonyl (C=O) groups is 1. The van der Waals surface area contributed by atoms with Gasteiger partial charge in [0.15, 0.2) is 9.84 Å². The monoisotopic (exact) mass is 357 g/mol. The molecule has 0 saturated carbocycles. The summed E-state index contributed by atoms with van der Waals surface area (Å²) in [7, 11) is -3.58. The third-order valence-corrected chi connectivity index (χ3v) is 4.72. The second-order valence-electron chi connectivity index (χ2n) is 4.72. The van der Waals surface area contributed by atoms with Gasteiger partial charge >= 0.3 is 0 Å². The highest BCUT2D eigenvalue weighted by atomic mass is 35.5. The molecule has 0 aliphatic carbocycles. The van der Waals surface area contributed by atoms with Gasteiger partial charge < -0.3 is 5.32 Å². The second-order valence-corrected chi connectivity index (χ2v) is 7.65. The molecule has 2 aromatic carbocycles. The van der Waals surface area contributed by atoms with E-state index in [1.165, 1.54) is 0 Å². The first-order chi connectivity index (χ1) is 10.3. The molecule has 0 radical (unpaired) electrons. The lowest BCUT2D eigenvalue weighted by molar-refractivity contribution is -0.113. The number of halogens is 2. The molecule has 0 atom stereocenters. The molecule has 116 valence electrons. The van der Waals surface area contributed by atoms with Crippen molar-refractivity contribution in [2.45, 2.75) is 5.75 Å². The van der Waals surface area contributed by atoms with Crippen molar-refractivity contribution in [2.75, 3.05) is 11.1 Å². The van der Waals surface area contributed by atoms with Crippen LogP contribution in [0.1, 0.15) is 5.56 Å². The van der Waals surface area contributed by atoms with Crippen molar-refractivity contribution >= 4 is 44.6 Å². The van der Waals surface area contributed by atoms with Crippen molar-refractivity contribution in [3.05, 3.63) is 64.1 Å². The number of nitrogens with one attached hydrogen (secondary N) is 1. The first-order valence-corrected chi connectivity index (χ1v) is 8.92. The van der Waals surface area contributed by atoms with Gasteiger partial charge in [0.25, 0.3) is 0 Å². The van der Waals surface area contributed by atoms with Crippen LogP contribution in [0.4, 0.5) is 5.69 Å². The summed E-state index contributed by atoms with van der Waals surface area (Å²) in [5.41, 5.74) is 1.04. The van der Waals surface area contributed by atoms with Crippen LogP contribution in [-0.4, -0.2) is 20.1 Å². The predicted molar refractivity (Wildman–Crippen MR) is 89.0 cm³/mol. The molecule has 0 fully saturated rings. The third-order valence-electron chi connectivity index (χ3n) is 2.75. The number of amides is 1. The molecule has 0 heterocycles. The standard InChI is InChI=1S/C15H13Cl2NO3S/c16-12-4-6-14(7-5-12)18-15(19)10-22(20,21)9-11-2-1-3-13(17)8-11/h1-8H,9-10H2,(H,18,19). The van der Waals surface area contributed by atoms with Crippen LogP contribution in [0.25, 0.3) is 0 Å². The molecule has 2 rings (SSSR count). The number of sulfone groups is 1. The highest BCUT2D eigenvalue weighted by Crippen LogP contribution is 2.15. The number of hydrogen-bond acceptors (Lipinski definition) is 3. The molecule has 0 aromatic heterocycles. The minimum atomic E-state index is -3.58. The summed E-state index contributed by atoms with van der Waals surface area (Å²) in [6.45, 7) is 0. The first kappa shape index (κ1) is 16.8. The molecule has 0 spiro atoms. The Bertz CT molecular complexity index is 774. The SMILES string of the molecule is O=C(CS(=O)(=O)Cc1cccc(Cl)c1)Nc1ccc(Cl)cc1. The quantitative estimate of drug-likeness (QED) is 0.889. The second kappa shape index (κ2) is 7.13. The molecular formula is C15H13Cl2NO3S. The number of hydrogen-bond donors (Lipinski definition) is 1. The Labute approximate surface area is 139 Å². The largest absolute Gasteiger partial charge is 0.325 e. The average Bonchev–Trinajstić information content (AvgIpc) is 2.40. The average molecular weight is 358 g/mol. The van der Waals surface area contributed by atoms with E-state index in [1.54, 1.807) is 48.5 Å². The Morgan fingerprint density at radius 2 is 1.68 bits per heavy atom. The van der Waals surface area contributed by atoms with E-state index >= 15 is 0 Å². The van der Waals surface area contributed by atoms with Crippen LogP contribution >= 0.6 is 23.2 Å². The van der Waals surface area contributed by atoms with Crippen molar-refractivity contribution in [1.82, 2.24) is 0 Å². The van der Waals surface area contributed by atoms with Gasteiger partial charge in [0.05, 0.1) is 5.75 Å². The van der Waals surface area contributed by atoms with Gasteiger partial charge in [0, 0.05) is 15.7 Å². The lowest BCUT2D eigenvalue weighted by Crippen LogP contribution is -2.23. The molecule has 2 aromatic rings. The van der Waals surface area contributed by atoms with Crippen molar-refractivity contribution in [2.24, 2.45) is 0 Å². The molecule has 0 aliphatic rings. The molecule has 1 N–H and O–H groups in total. The van der Waals surface area contributed by atoms with E-state index in [9.17, 15) is 13.2 Å². The number of anilines is 1. The van der Waals surface area contributed by atoms with Crippen LogP contribution in [-0.2, 0) is 20.4 Å². The van der Waals surface area contributed by atoms with Gasteiger partial charge in [0.1, 0.15) is 5.75 Å². The fourth-order valence-electron chi connectivity index (χ4n) is 1.86. The lowest BCUT2D eigenvalue weighted by atomic mass is 10.2. The highest BCUT2D eigenvalue weighted by molar-refractivity contribution is 7.91. The topological polar surface area (TPSA) is 63.2 Å². The summed E-state index contributed by atoms with van der Waals surface area (Å²) in [5, 5.41) is 3.51. The fourth-order valence-corrected chi connectivity index (χ4v) is 3.46. The van der Waals surface area contributed by atoms with Gasteiger partial charge in [-0.2, -0.15) is 0 Å². The van der Waals surface area contributed by atoms with Gasteiger partial charge in [-0.05, 0) is 42.0 Å². The molecule has 7 heteroatoms. The molecule has 0 bridgehead atoms. The number of carbonyl (C=O) groups excluding carboxylic acids is 1. The van der Waals surface area contributed by atoms with Crippen molar-refractivity contribution in [3.63, 3.8) is 0 Å². The number of rotatable bonds is 5. The normalized spacial score (nSPS) is 11.2. The Morgan fingerprint density at radius 1 is 1.00 bits per heavy atom. The summed E-state index contributed by atoms with van der Waals surface area (Å²) < 4.78 is 24.1.